The summed E-state index contributed by atoms with van der Waals surface area (Å²) >= 11 is 3.43. The summed E-state index contributed by atoms with van der Waals surface area (Å²) in [5, 5.41) is 8.41. The van der Waals surface area contributed by atoms with E-state index in [0.29, 0.717) is 0 Å². The van der Waals surface area contributed by atoms with Gasteiger partial charge in [0.1, 0.15) is 0 Å². The maximum absolute atomic E-state index is 8.49. The monoisotopic (exact) mass is 390 g/mol. The van der Waals surface area contributed by atoms with E-state index in [2.05, 4.69) is 45.8 Å². The second-order valence-corrected chi connectivity index (χ2v) is 6.29. The van der Waals surface area contributed by atoms with Crippen LogP contribution in [0.25, 0.3) is 11.1 Å². The van der Waals surface area contributed by atoms with Crippen molar-refractivity contribution < 1.29 is 57.8 Å². The van der Waals surface area contributed by atoms with E-state index < -0.39 is 20.5 Å². The van der Waals surface area contributed by atoms with E-state index in [1.54, 1.807) is 22.7 Å². The molecule has 0 aromatic carbocycles. The van der Waals surface area contributed by atoms with E-state index in [-0.39, 0.29) is 0 Å². The second-order valence-electron chi connectivity index (χ2n) is 3.15. The minimum atomic E-state index is -4.94. The van der Waals surface area contributed by atoms with E-state index >= 15 is 0 Å². The molecule has 0 bridgehead atoms. The van der Waals surface area contributed by atoms with Gasteiger partial charge in [0.2, 0.25) is 22.7 Å². The fourth-order valence-electron chi connectivity index (χ4n) is 1.04. The van der Waals surface area contributed by atoms with E-state index in [1.165, 1.54) is 11.1 Å². The van der Waals surface area contributed by atoms with Gasteiger partial charge in [0, 0.05) is 24.3 Å². The first-order valence-electron chi connectivity index (χ1n) is 4.92. The smallest absolute Gasteiger partial charge is 0.211 e. The number of hydrogen-bond donors (Lipinski definition) is 0. The molecule has 0 radical (unpaired) electrons. The van der Waals surface area contributed by atoms with Crippen LogP contribution < -0.4 is 37.3 Å². The first kappa shape index (κ1) is 21.4. The third-order valence-corrected chi connectivity index (χ3v) is 2.81. The van der Waals surface area contributed by atoms with Crippen molar-refractivity contribution in [2.45, 2.75) is 0 Å². The summed E-state index contributed by atoms with van der Waals surface area (Å²) in [5.41, 5.74) is 2.59. The van der Waals surface area contributed by atoms with Crippen LogP contribution in [0.3, 0.4) is 0 Å². The summed E-state index contributed by atoms with van der Waals surface area (Å²) < 4.78 is 67.9. The summed E-state index contributed by atoms with van der Waals surface area (Å²) in [6, 6.07) is 8.57. The molecular formula is C10H8Cl2O8S2. The van der Waals surface area contributed by atoms with Crippen molar-refractivity contribution in [3.63, 3.8) is 0 Å². The standard InChI is InChI=1S/C10H8S2.2ClHO4/c1-5-11-6-2-9(1)10-3-7-12-8-4-10;2*2-1(3,4)5/h1-8H;2*(H,2,3,4,5)/q+2;;/p-2. The zero-order valence-corrected chi connectivity index (χ0v) is 13.6. The minimum Gasteiger partial charge on any atom is -0.222 e. The summed E-state index contributed by atoms with van der Waals surface area (Å²) in [6.45, 7) is 0. The lowest BCUT2D eigenvalue weighted by molar-refractivity contribution is -2.00. The van der Waals surface area contributed by atoms with Gasteiger partial charge < -0.3 is 0 Å². The highest BCUT2D eigenvalue weighted by molar-refractivity contribution is 7.07. The Morgan fingerprint density at radius 3 is 0.864 bits per heavy atom. The maximum atomic E-state index is 8.49. The van der Waals surface area contributed by atoms with Gasteiger partial charge in [-0.2, -0.15) is 0 Å². The van der Waals surface area contributed by atoms with Crippen molar-refractivity contribution in [3.8, 4) is 11.1 Å². The van der Waals surface area contributed by atoms with Gasteiger partial charge in [-0.1, -0.05) is 0 Å². The molecule has 0 N–H and O–H groups in total. The van der Waals surface area contributed by atoms with Crippen LogP contribution in [0.15, 0.2) is 45.8 Å². The van der Waals surface area contributed by atoms with Crippen molar-refractivity contribution in [3.05, 3.63) is 45.8 Å². The number of rotatable bonds is 1. The molecule has 0 aliphatic heterocycles. The van der Waals surface area contributed by atoms with Gasteiger partial charge in [-0.15, -0.1) is 20.5 Å². The Morgan fingerprint density at radius 2 is 0.682 bits per heavy atom. The molecule has 122 valence electrons. The molecule has 8 nitrogen and oxygen atoms in total. The highest BCUT2D eigenvalue weighted by Crippen LogP contribution is 2.19. The predicted octanol–water partition coefficient (Wildman–Crippen LogP) is -5.47. The molecule has 2 aromatic heterocycles. The highest BCUT2D eigenvalue weighted by atomic mass is 35.7. The topological polar surface area (TPSA) is 184 Å². The molecule has 0 unspecified atom stereocenters. The molecule has 2 aromatic rings. The van der Waals surface area contributed by atoms with E-state index in [4.69, 9.17) is 37.3 Å². The van der Waals surface area contributed by atoms with E-state index in [9.17, 15) is 0 Å². The molecule has 22 heavy (non-hydrogen) atoms. The fourth-order valence-corrected chi connectivity index (χ4v) is 2.12. The fraction of sp³-hybridized carbons (Fsp3) is 0. The van der Waals surface area contributed by atoms with Gasteiger partial charge in [0.25, 0.3) is 0 Å². The Morgan fingerprint density at radius 1 is 0.500 bits per heavy atom. The largest absolute Gasteiger partial charge is 0.222 e. The summed E-state index contributed by atoms with van der Waals surface area (Å²) in [6.07, 6.45) is 0. The average Bonchev–Trinajstić information content (AvgIpc) is 2.37. The van der Waals surface area contributed by atoms with Crippen LogP contribution in [0, 0.1) is 20.5 Å². The molecule has 0 aliphatic rings. The van der Waals surface area contributed by atoms with Gasteiger partial charge in [-0.05, 0) is 11.1 Å². The molecule has 0 atom stereocenters. The quantitative estimate of drug-likeness (QED) is 0.431. The average molecular weight is 391 g/mol. The van der Waals surface area contributed by atoms with Gasteiger partial charge in [-0.3, -0.25) is 0 Å². The van der Waals surface area contributed by atoms with Crippen LogP contribution in [0.4, 0.5) is 0 Å². The van der Waals surface area contributed by atoms with Crippen LogP contribution >= 0.6 is 22.7 Å². The second kappa shape index (κ2) is 10.2. The Hall–Kier alpha value is -0.600. The maximum Gasteiger partial charge on any atom is 0.211 e. The zero-order valence-electron chi connectivity index (χ0n) is 10.5. The molecule has 0 saturated carbocycles. The van der Waals surface area contributed by atoms with Crippen molar-refractivity contribution in [1.29, 1.82) is 0 Å². The molecule has 12 heteroatoms. The third-order valence-electron chi connectivity index (χ3n) is 1.64. The SMILES string of the molecule is [O-][Cl+3]([O-])([O-])[O-].[O-][Cl+3]([O-])([O-])[O-].c1cc(-c2cc[s+]cc2)cc[s+]1. The highest BCUT2D eigenvalue weighted by Gasteiger charge is 1.99. The Balaban J connectivity index is 0.000000372. The molecule has 0 saturated heterocycles. The normalized spacial score (nSPS) is 10.7. The van der Waals surface area contributed by atoms with Crippen LogP contribution in [-0.2, 0) is 0 Å². The number of halogens is 2. The predicted molar refractivity (Wildman–Crippen MR) is 56.4 cm³/mol. The molecular weight excluding hydrogens is 383 g/mol. The van der Waals surface area contributed by atoms with Gasteiger partial charge in [0.15, 0.2) is 21.5 Å². The summed E-state index contributed by atoms with van der Waals surface area (Å²) in [5.74, 6) is 0. The van der Waals surface area contributed by atoms with E-state index in [0.717, 1.165) is 0 Å². The van der Waals surface area contributed by atoms with Crippen LogP contribution in [0.2, 0.25) is 0 Å². The minimum absolute atomic E-state index is 1.29. The van der Waals surface area contributed by atoms with Crippen LogP contribution in [-0.4, -0.2) is 0 Å². The molecule has 2 heterocycles. The van der Waals surface area contributed by atoms with Crippen molar-refractivity contribution >= 4 is 22.7 Å². The van der Waals surface area contributed by atoms with E-state index in [1.807, 2.05) is 0 Å². The first-order chi connectivity index (χ1) is 9.97. The van der Waals surface area contributed by atoms with Crippen LogP contribution in [0.1, 0.15) is 0 Å². The lowest BCUT2D eigenvalue weighted by Gasteiger charge is -2.17. The number of hydrogen-bond acceptors (Lipinski definition) is 8. The lowest BCUT2D eigenvalue weighted by Crippen LogP contribution is -2.68. The Kier molecular flexibility index (Phi) is 9.95. The first-order valence-corrected chi connectivity index (χ1v) is 9.27. The third kappa shape index (κ3) is 17.5. The zero-order chi connectivity index (χ0) is 17.2. The summed E-state index contributed by atoms with van der Waals surface area (Å²) in [7, 11) is -9.89. The Bertz CT molecular complexity index is 456. The molecule has 0 aliphatic carbocycles. The molecule has 0 fully saturated rings. The molecule has 2 rings (SSSR count). The van der Waals surface area contributed by atoms with Gasteiger partial charge >= 0.3 is 0 Å². The summed E-state index contributed by atoms with van der Waals surface area (Å²) in [4.78, 5) is 0. The Labute approximate surface area is 137 Å². The van der Waals surface area contributed by atoms with Crippen LogP contribution in [0.5, 0.6) is 0 Å². The van der Waals surface area contributed by atoms with Gasteiger partial charge in [0.05, 0.1) is 0 Å². The molecule has 0 amide bonds. The van der Waals surface area contributed by atoms with Crippen molar-refractivity contribution in [2.75, 3.05) is 0 Å². The van der Waals surface area contributed by atoms with Crippen molar-refractivity contribution in [2.24, 2.45) is 0 Å². The van der Waals surface area contributed by atoms with Gasteiger partial charge in [-0.25, -0.2) is 37.3 Å². The lowest BCUT2D eigenvalue weighted by atomic mass is 10.1. The van der Waals surface area contributed by atoms with Crippen molar-refractivity contribution in [1.82, 2.24) is 0 Å². The molecule has 0 spiro atoms.